The summed E-state index contributed by atoms with van der Waals surface area (Å²) in [7, 11) is 0. The van der Waals surface area contributed by atoms with Crippen LogP contribution >= 0.6 is 23.2 Å². The van der Waals surface area contributed by atoms with Gasteiger partial charge in [-0.3, -0.25) is 0 Å². The number of hydrogen-bond donors (Lipinski definition) is 0. The Kier molecular flexibility index (Phi) is 3.40. The molecule has 1 saturated carbocycles. The molecule has 0 radical (unpaired) electrons. The van der Waals surface area contributed by atoms with Crippen LogP contribution in [0.4, 0.5) is 0 Å². The topological polar surface area (TPSA) is 27.1 Å². The summed E-state index contributed by atoms with van der Waals surface area (Å²) in [6, 6.07) is 6.24. The number of rotatable bonds is 3. The predicted octanol–water partition coefficient (Wildman–Crippen LogP) is 4.73. The van der Waals surface area contributed by atoms with Crippen LogP contribution in [-0.2, 0) is 4.74 Å². The van der Waals surface area contributed by atoms with Crippen molar-refractivity contribution in [1.29, 1.82) is 0 Å². The normalized spacial score (nSPS) is 27.4. The molecule has 1 aromatic heterocycles. The van der Waals surface area contributed by atoms with Gasteiger partial charge in [0.15, 0.2) is 0 Å². The molecule has 3 atom stereocenters. The number of imidazole rings is 1. The third-order valence-corrected chi connectivity index (χ3v) is 4.99. The van der Waals surface area contributed by atoms with E-state index in [2.05, 4.69) is 10.6 Å². The highest BCUT2D eigenvalue weighted by atomic mass is 35.5. The van der Waals surface area contributed by atoms with Crippen LogP contribution < -0.4 is 0 Å². The monoisotopic (exact) mass is 324 g/mol. The zero-order chi connectivity index (χ0) is 14.6. The largest absolute Gasteiger partial charge is 0.376 e. The van der Waals surface area contributed by atoms with Crippen molar-refractivity contribution in [3.05, 3.63) is 29.0 Å². The average molecular weight is 325 g/mol. The van der Waals surface area contributed by atoms with Gasteiger partial charge >= 0.3 is 0 Å². The fourth-order valence-electron chi connectivity index (χ4n) is 3.47. The van der Waals surface area contributed by atoms with Crippen LogP contribution in [-0.4, -0.2) is 22.3 Å². The summed E-state index contributed by atoms with van der Waals surface area (Å²) >= 11 is 12.5. The standard InChI is InChI=1S/C16H18Cl2N2O/c1-9(17)16-19-12-8-11(18)4-5-13(12)20(16)14-6-7-21-15(14)10-2-3-10/h4-5,8-10,14-15H,2-3,6-7H2,1H3. The highest BCUT2D eigenvalue weighted by Crippen LogP contribution is 2.45. The summed E-state index contributed by atoms with van der Waals surface area (Å²) in [6.07, 6.45) is 3.91. The minimum Gasteiger partial charge on any atom is -0.376 e. The number of nitrogens with zero attached hydrogens (tertiary/aromatic N) is 2. The summed E-state index contributed by atoms with van der Waals surface area (Å²) < 4.78 is 8.31. The molecule has 0 N–H and O–H groups in total. The lowest BCUT2D eigenvalue weighted by atomic mass is 10.1. The molecule has 112 valence electrons. The van der Waals surface area contributed by atoms with Gasteiger partial charge in [0.1, 0.15) is 5.82 Å². The number of fused-ring (bicyclic) bond motifs is 1. The van der Waals surface area contributed by atoms with Crippen LogP contribution in [0.15, 0.2) is 18.2 Å². The van der Waals surface area contributed by atoms with Crippen LogP contribution in [0.2, 0.25) is 5.02 Å². The molecule has 0 amide bonds. The maximum Gasteiger partial charge on any atom is 0.128 e. The van der Waals surface area contributed by atoms with E-state index >= 15 is 0 Å². The van der Waals surface area contributed by atoms with Gasteiger partial charge in [0.25, 0.3) is 0 Å². The zero-order valence-electron chi connectivity index (χ0n) is 11.9. The molecule has 5 heteroatoms. The van der Waals surface area contributed by atoms with Crippen LogP contribution in [0, 0.1) is 5.92 Å². The molecular formula is C16H18Cl2N2O. The SMILES string of the molecule is CC(Cl)c1nc2cc(Cl)ccc2n1C1CCOC1C1CC1. The van der Waals surface area contributed by atoms with Gasteiger partial charge in [0.05, 0.1) is 28.6 Å². The third-order valence-electron chi connectivity index (χ3n) is 4.56. The van der Waals surface area contributed by atoms with E-state index < -0.39 is 0 Å². The smallest absolute Gasteiger partial charge is 0.128 e. The Bertz CT molecular complexity index is 678. The van der Waals surface area contributed by atoms with E-state index in [4.69, 9.17) is 32.9 Å². The lowest BCUT2D eigenvalue weighted by molar-refractivity contribution is 0.0753. The van der Waals surface area contributed by atoms with E-state index in [1.165, 1.54) is 12.8 Å². The summed E-state index contributed by atoms with van der Waals surface area (Å²) in [5.41, 5.74) is 2.04. The number of benzene rings is 1. The Morgan fingerprint density at radius 2 is 2.14 bits per heavy atom. The highest BCUT2D eigenvalue weighted by molar-refractivity contribution is 6.31. The van der Waals surface area contributed by atoms with Crippen molar-refractivity contribution in [3.63, 3.8) is 0 Å². The van der Waals surface area contributed by atoms with Gasteiger partial charge < -0.3 is 9.30 Å². The number of hydrogen-bond acceptors (Lipinski definition) is 2. The van der Waals surface area contributed by atoms with E-state index in [1.54, 1.807) is 0 Å². The van der Waals surface area contributed by atoms with Crippen LogP contribution in [0.25, 0.3) is 11.0 Å². The number of halogens is 2. The molecule has 2 fully saturated rings. The Morgan fingerprint density at radius 3 is 2.86 bits per heavy atom. The first kappa shape index (κ1) is 13.9. The molecule has 3 nitrogen and oxygen atoms in total. The number of alkyl halides is 1. The average Bonchev–Trinajstić information content (AvgIpc) is 3.06. The molecule has 3 unspecified atom stereocenters. The first-order valence-corrected chi connectivity index (χ1v) is 8.39. The lowest BCUT2D eigenvalue weighted by Crippen LogP contribution is -2.23. The van der Waals surface area contributed by atoms with Crippen molar-refractivity contribution in [2.24, 2.45) is 5.92 Å². The first-order valence-electron chi connectivity index (χ1n) is 7.58. The number of ether oxygens (including phenoxy) is 1. The van der Waals surface area contributed by atoms with Gasteiger partial charge in [-0.15, -0.1) is 11.6 Å². The second kappa shape index (κ2) is 5.15. The van der Waals surface area contributed by atoms with E-state index in [0.29, 0.717) is 23.1 Å². The van der Waals surface area contributed by atoms with Gasteiger partial charge in [-0.2, -0.15) is 0 Å². The minimum absolute atomic E-state index is 0.128. The second-order valence-corrected chi connectivity index (χ2v) is 7.21. The molecular weight excluding hydrogens is 307 g/mol. The fourth-order valence-corrected chi connectivity index (χ4v) is 3.79. The summed E-state index contributed by atoms with van der Waals surface area (Å²) in [4.78, 5) is 4.72. The lowest BCUT2D eigenvalue weighted by Gasteiger charge is -2.23. The molecule has 1 aromatic carbocycles. The maximum absolute atomic E-state index is 6.38. The van der Waals surface area contributed by atoms with Gasteiger partial charge in [0, 0.05) is 11.6 Å². The Balaban J connectivity index is 1.87. The minimum atomic E-state index is -0.128. The van der Waals surface area contributed by atoms with Crippen molar-refractivity contribution in [2.75, 3.05) is 6.61 Å². The zero-order valence-corrected chi connectivity index (χ0v) is 13.4. The van der Waals surface area contributed by atoms with Crippen molar-refractivity contribution in [3.8, 4) is 0 Å². The van der Waals surface area contributed by atoms with E-state index in [0.717, 1.165) is 29.9 Å². The Morgan fingerprint density at radius 1 is 1.33 bits per heavy atom. The van der Waals surface area contributed by atoms with Gasteiger partial charge in [-0.25, -0.2) is 4.98 Å². The summed E-state index contributed by atoms with van der Waals surface area (Å²) in [5, 5.41) is 0.582. The fraction of sp³-hybridized carbons (Fsp3) is 0.562. The predicted molar refractivity (Wildman–Crippen MR) is 85.1 cm³/mol. The van der Waals surface area contributed by atoms with Gasteiger partial charge in [-0.1, -0.05) is 11.6 Å². The van der Waals surface area contributed by atoms with Crippen LogP contribution in [0.3, 0.4) is 0 Å². The molecule has 0 spiro atoms. The van der Waals surface area contributed by atoms with Crippen LogP contribution in [0.1, 0.15) is 43.4 Å². The molecule has 2 aliphatic rings. The molecule has 21 heavy (non-hydrogen) atoms. The van der Waals surface area contributed by atoms with E-state index in [9.17, 15) is 0 Å². The maximum atomic E-state index is 6.38. The van der Waals surface area contributed by atoms with Crippen molar-refractivity contribution < 1.29 is 4.74 Å². The molecule has 1 aliphatic carbocycles. The molecule has 4 rings (SSSR count). The number of aromatic nitrogens is 2. The van der Waals surface area contributed by atoms with Gasteiger partial charge in [0.2, 0.25) is 0 Å². The third kappa shape index (κ3) is 2.36. The van der Waals surface area contributed by atoms with Gasteiger partial charge in [-0.05, 0) is 50.3 Å². The summed E-state index contributed by atoms with van der Waals surface area (Å²) in [5.74, 6) is 1.64. The van der Waals surface area contributed by atoms with Crippen molar-refractivity contribution in [1.82, 2.24) is 9.55 Å². The van der Waals surface area contributed by atoms with Crippen LogP contribution in [0.5, 0.6) is 0 Å². The molecule has 1 saturated heterocycles. The Labute approximate surface area is 134 Å². The van der Waals surface area contributed by atoms with E-state index in [1.807, 2.05) is 19.1 Å². The molecule has 2 heterocycles. The van der Waals surface area contributed by atoms with E-state index in [-0.39, 0.29) is 5.38 Å². The quantitative estimate of drug-likeness (QED) is 0.763. The summed E-state index contributed by atoms with van der Waals surface area (Å²) in [6.45, 7) is 2.80. The van der Waals surface area contributed by atoms with Crippen molar-refractivity contribution >= 4 is 34.2 Å². The second-order valence-electron chi connectivity index (χ2n) is 6.12. The van der Waals surface area contributed by atoms with Crippen molar-refractivity contribution in [2.45, 2.75) is 43.7 Å². The first-order chi connectivity index (χ1) is 10.1. The molecule has 2 aromatic rings. The molecule has 0 bridgehead atoms. The Hall–Kier alpha value is -0.770. The molecule has 1 aliphatic heterocycles. The highest BCUT2D eigenvalue weighted by Gasteiger charge is 2.42.